The van der Waals surface area contributed by atoms with Crippen molar-refractivity contribution >= 4 is 0 Å². The lowest BCUT2D eigenvalue weighted by atomic mass is 10.0. The van der Waals surface area contributed by atoms with E-state index in [-0.39, 0.29) is 18.1 Å². The predicted octanol–water partition coefficient (Wildman–Crippen LogP) is 2.36. The van der Waals surface area contributed by atoms with Crippen LogP contribution < -0.4 is 10.1 Å². The molecule has 0 aliphatic heterocycles. The van der Waals surface area contributed by atoms with Gasteiger partial charge in [0, 0.05) is 18.2 Å². The number of aliphatic hydroxyl groups excluding tert-OH is 1. The predicted molar refractivity (Wildman–Crippen MR) is 70.3 cm³/mol. The zero-order valence-electron chi connectivity index (χ0n) is 11.1. The molecule has 0 heterocycles. The molecule has 0 saturated heterocycles. The van der Waals surface area contributed by atoms with E-state index < -0.39 is 0 Å². The fourth-order valence-electron chi connectivity index (χ4n) is 1.67. The Morgan fingerprint density at radius 1 is 1.24 bits per heavy atom. The number of nitrogens with one attached hydrogen (secondary N) is 1. The summed E-state index contributed by atoms with van der Waals surface area (Å²) in [6.07, 6.45) is -0.313. The minimum absolute atomic E-state index is 0.166. The maximum atomic E-state index is 9.75. The zero-order valence-corrected chi connectivity index (χ0v) is 11.1. The summed E-state index contributed by atoms with van der Waals surface area (Å²) < 4.78 is 5.32. The lowest BCUT2D eigenvalue weighted by Gasteiger charge is -2.21. The first-order chi connectivity index (χ1) is 8.06. The van der Waals surface area contributed by atoms with E-state index in [0.29, 0.717) is 6.54 Å². The number of hydrogen-bond donors (Lipinski definition) is 2. The van der Waals surface area contributed by atoms with Crippen molar-refractivity contribution in [3.05, 3.63) is 29.8 Å². The third-order valence-corrected chi connectivity index (χ3v) is 3.01. The topological polar surface area (TPSA) is 41.5 Å². The van der Waals surface area contributed by atoms with E-state index in [9.17, 15) is 5.11 Å². The van der Waals surface area contributed by atoms with Crippen molar-refractivity contribution in [2.24, 2.45) is 5.92 Å². The van der Waals surface area contributed by atoms with Gasteiger partial charge in [0.05, 0.1) is 13.2 Å². The standard InChI is InChI=1S/C14H23NO2/c1-10(2)13(16)9-15-11(3)12-7-5-6-8-14(12)17-4/h5-8,10-11,13,15-16H,9H2,1-4H3/t11-,13?/m1/s1. The van der Waals surface area contributed by atoms with E-state index in [0.717, 1.165) is 11.3 Å². The van der Waals surface area contributed by atoms with Gasteiger partial charge in [-0.25, -0.2) is 0 Å². The Hall–Kier alpha value is -1.06. The minimum atomic E-state index is -0.313. The number of benzene rings is 1. The van der Waals surface area contributed by atoms with Crippen LogP contribution in [0.2, 0.25) is 0 Å². The zero-order chi connectivity index (χ0) is 12.8. The van der Waals surface area contributed by atoms with E-state index in [1.807, 2.05) is 38.1 Å². The minimum Gasteiger partial charge on any atom is -0.496 e. The third kappa shape index (κ3) is 4.02. The van der Waals surface area contributed by atoms with Crippen molar-refractivity contribution in [3.63, 3.8) is 0 Å². The van der Waals surface area contributed by atoms with Crippen LogP contribution in [-0.4, -0.2) is 24.9 Å². The van der Waals surface area contributed by atoms with Crippen molar-refractivity contribution in [2.45, 2.75) is 32.9 Å². The van der Waals surface area contributed by atoms with Crippen molar-refractivity contribution < 1.29 is 9.84 Å². The van der Waals surface area contributed by atoms with Crippen LogP contribution in [0.4, 0.5) is 0 Å². The maximum absolute atomic E-state index is 9.75. The van der Waals surface area contributed by atoms with Gasteiger partial charge >= 0.3 is 0 Å². The molecule has 96 valence electrons. The fourth-order valence-corrected chi connectivity index (χ4v) is 1.67. The second kappa shape index (κ2) is 6.62. The van der Waals surface area contributed by atoms with E-state index in [1.54, 1.807) is 7.11 Å². The average molecular weight is 237 g/mol. The highest BCUT2D eigenvalue weighted by Gasteiger charge is 2.13. The lowest BCUT2D eigenvalue weighted by molar-refractivity contribution is 0.120. The monoisotopic (exact) mass is 237 g/mol. The van der Waals surface area contributed by atoms with E-state index >= 15 is 0 Å². The van der Waals surface area contributed by atoms with Crippen LogP contribution in [0.5, 0.6) is 5.75 Å². The van der Waals surface area contributed by atoms with Gasteiger partial charge in [-0.3, -0.25) is 0 Å². The summed E-state index contributed by atoms with van der Waals surface area (Å²) in [5, 5.41) is 13.1. The quantitative estimate of drug-likeness (QED) is 0.798. The van der Waals surface area contributed by atoms with E-state index in [2.05, 4.69) is 12.2 Å². The van der Waals surface area contributed by atoms with Crippen LogP contribution in [0.15, 0.2) is 24.3 Å². The van der Waals surface area contributed by atoms with Gasteiger partial charge in [-0.2, -0.15) is 0 Å². The Kier molecular flexibility index (Phi) is 5.45. The molecule has 3 nitrogen and oxygen atoms in total. The Balaban J connectivity index is 2.60. The first-order valence-electron chi connectivity index (χ1n) is 6.10. The molecule has 1 rings (SSSR count). The molecule has 1 unspecified atom stereocenters. The van der Waals surface area contributed by atoms with Gasteiger partial charge in [-0.1, -0.05) is 32.0 Å². The van der Waals surface area contributed by atoms with Crippen LogP contribution in [0.25, 0.3) is 0 Å². The van der Waals surface area contributed by atoms with Gasteiger partial charge in [0.25, 0.3) is 0 Å². The molecule has 2 atom stereocenters. The fraction of sp³-hybridized carbons (Fsp3) is 0.571. The number of rotatable bonds is 6. The van der Waals surface area contributed by atoms with Crippen molar-refractivity contribution in [2.75, 3.05) is 13.7 Å². The van der Waals surface area contributed by atoms with Crippen molar-refractivity contribution in [1.29, 1.82) is 0 Å². The summed E-state index contributed by atoms with van der Waals surface area (Å²) in [7, 11) is 1.68. The smallest absolute Gasteiger partial charge is 0.123 e. The molecule has 0 radical (unpaired) electrons. The molecule has 1 aromatic rings. The summed E-state index contributed by atoms with van der Waals surface area (Å²) in [5.41, 5.74) is 1.12. The molecule has 0 aliphatic carbocycles. The van der Waals surface area contributed by atoms with Crippen molar-refractivity contribution in [3.8, 4) is 5.75 Å². The molecule has 17 heavy (non-hydrogen) atoms. The summed E-state index contributed by atoms with van der Waals surface area (Å²) in [6.45, 7) is 6.70. The lowest BCUT2D eigenvalue weighted by Crippen LogP contribution is -2.32. The molecule has 0 saturated carbocycles. The molecule has 1 aromatic carbocycles. The Morgan fingerprint density at radius 2 is 1.88 bits per heavy atom. The van der Waals surface area contributed by atoms with Gasteiger partial charge in [0.2, 0.25) is 0 Å². The van der Waals surface area contributed by atoms with Crippen LogP contribution in [0, 0.1) is 5.92 Å². The molecular weight excluding hydrogens is 214 g/mol. The number of hydrogen-bond acceptors (Lipinski definition) is 3. The summed E-state index contributed by atoms with van der Waals surface area (Å²) in [5.74, 6) is 1.15. The molecule has 0 bridgehead atoms. The summed E-state index contributed by atoms with van der Waals surface area (Å²) >= 11 is 0. The largest absolute Gasteiger partial charge is 0.496 e. The summed E-state index contributed by atoms with van der Waals surface area (Å²) in [4.78, 5) is 0. The van der Waals surface area contributed by atoms with Gasteiger partial charge in [-0.15, -0.1) is 0 Å². The van der Waals surface area contributed by atoms with Gasteiger partial charge in [0.1, 0.15) is 5.75 Å². The van der Waals surface area contributed by atoms with Gasteiger partial charge < -0.3 is 15.2 Å². The first-order valence-corrected chi connectivity index (χ1v) is 6.10. The molecule has 3 heteroatoms. The third-order valence-electron chi connectivity index (χ3n) is 3.01. The van der Waals surface area contributed by atoms with Gasteiger partial charge in [-0.05, 0) is 18.9 Å². The molecule has 0 spiro atoms. The Bertz CT molecular complexity index is 339. The number of ether oxygens (including phenoxy) is 1. The molecule has 0 fully saturated rings. The highest BCUT2D eigenvalue weighted by Crippen LogP contribution is 2.24. The molecule has 0 aliphatic rings. The van der Waals surface area contributed by atoms with Gasteiger partial charge in [0.15, 0.2) is 0 Å². The first kappa shape index (κ1) is 14.0. The van der Waals surface area contributed by atoms with Crippen LogP contribution in [0.1, 0.15) is 32.4 Å². The summed E-state index contributed by atoms with van der Waals surface area (Å²) in [6, 6.07) is 8.11. The molecule has 2 N–H and O–H groups in total. The van der Waals surface area contributed by atoms with Crippen molar-refractivity contribution in [1.82, 2.24) is 5.32 Å². The average Bonchev–Trinajstić information content (AvgIpc) is 2.35. The molecular formula is C14H23NO2. The van der Waals surface area contributed by atoms with E-state index in [4.69, 9.17) is 4.74 Å². The number of aliphatic hydroxyl groups is 1. The molecule has 0 aromatic heterocycles. The Labute approximate surface area is 104 Å². The maximum Gasteiger partial charge on any atom is 0.123 e. The SMILES string of the molecule is COc1ccccc1[C@@H](C)NCC(O)C(C)C. The highest BCUT2D eigenvalue weighted by molar-refractivity contribution is 5.35. The molecule has 0 amide bonds. The second-order valence-corrected chi connectivity index (χ2v) is 4.68. The van der Waals surface area contributed by atoms with Crippen LogP contribution in [0.3, 0.4) is 0 Å². The van der Waals surface area contributed by atoms with E-state index in [1.165, 1.54) is 0 Å². The highest BCUT2D eigenvalue weighted by atomic mass is 16.5. The number of methoxy groups -OCH3 is 1. The van der Waals surface area contributed by atoms with Crippen LogP contribution >= 0.6 is 0 Å². The Morgan fingerprint density at radius 3 is 2.47 bits per heavy atom. The normalized spacial score (nSPS) is 14.7. The van der Waals surface area contributed by atoms with Crippen LogP contribution in [-0.2, 0) is 0 Å². The second-order valence-electron chi connectivity index (χ2n) is 4.68. The number of para-hydroxylation sites is 1.